The standard InChI is InChI=1S/C14H25N3O2.ClH/c1-4-16-8-10(7-12(16)18)13(19)17-6-5-11(15)14(2,3)9-17;/h10-11H,4-9,15H2,1-3H3;1H. The van der Waals surface area contributed by atoms with Crippen molar-refractivity contribution in [3.05, 3.63) is 0 Å². The molecule has 0 bridgehead atoms. The summed E-state index contributed by atoms with van der Waals surface area (Å²) in [6.45, 7) is 8.86. The Labute approximate surface area is 127 Å². The topological polar surface area (TPSA) is 66.6 Å². The quantitative estimate of drug-likeness (QED) is 0.823. The highest BCUT2D eigenvalue weighted by molar-refractivity contribution is 5.89. The zero-order chi connectivity index (χ0) is 14.2. The number of halogens is 1. The Bertz CT molecular complexity index is 387. The van der Waals surface area contributed by atoms with Crippen LogP contribution in [0.5, 0.6) is 0 Å². The first-order valence-electron chi connectivity index (χ1n) is 7.17. The van der Waals surface area contributed by atoms with Crippen molar-refractivity contribution >= 4 is 24.2 Å². The first-order valence-corrected chi connectivity index (χ1v) is 7.17. The van der Waals surface area contributed by atoms with Crippen LogP contribution in [0.25, 0.3) is 0 Å². The van der Waals surface area contributed by atoms with Gasteiger partial charge in [-0.1, -0.05) is 13.8 Å². The molecule has 2 N–H and O–H groups in total. The number of likely N-dealkylation sites (tertiary alicyclic amines) is 2. The molecule has 6 heteroatoms. The smallest absolute Gasteiger partial charge is 0.228 e. The van der Waals surface area contributed by atoms with Crippen LogP contribution in [0.1, 0.15) is 33.6 Å². The van der Waals surface area contributed by atoms with Gasteiger partial charge in [0, 0.05) is 38.6 Å². The summed E-state index contributed by atoms with van der Waals surface area (Å²) in [7, 11) is 0. The summed E-state index contributed by atoms with van der Waals surface area (Å²) in [5, 5.41) is 0. The summed E-state index contributed by atoms with van der Waals surface area (Å²) in [5.74, 6) is 0.0793. The average molecular weight is 304 g/mol. The van der Waals surface area contributed by atoms with Crippen molar-refractivity contribution in [3.8, 4) is 0 Å². The van der Waals surface area contributed by atoms with Gasteiger partial charge >= 0.3 is 0 Å². The SMILES string of the molecule is CCN1CC(C(=O)N2CCC(N)C(C)(C)C2)CC1=O.Cl. The fraction of sp³-hybridized carbons (Fsp3) is 0.857. The summed E-state index contributed by atoms with van der Waals surface area (Å²) < 4.78 is 0. The van der Waals surface area contributed by atoms with E-state index in [2.05, 4.69) is 13.8 Å². The predicted molar refractivity (Wildman–Crippen MR) is 80.6 cm³/mol. The summed E-state index contributed by atoms with van der Waals surface area (Å²) >= 11 is 0. The number of hydrogen-bond acceptors (Lipinski definition) is 3. The van der Waals surface area contributed by atoms with Crippen molar-refractivity contribution in [1.82, 2.24) is 9.80 Å². The maximum Gasteiger partial charge on any atom is 0.228 e. The maximum atomic E-state index is 12.5. The van der Waals surface area contributed by atoms with Gasteiger partial charge in [-0.3, -0.25) is 9.59 Å². The zero-order valence-electron chi connectivity index (χ0n) is 12.6. The van der Waals surface area contributed by atoms with E-state index in [0.29, 0.717) is 26.1 Å². The van der Waals surface area contributed by atoms with Gasteiger partial charge in [-0.05, 0) is 18.8 Å². The van der Waals surface area contributed by atoms with Gasteiger partial charge in [0.1, 0.15) is 0 Å². The lowest BCUT2D eigenvalue weighted by atomic mass is 9.79. The second kappa shape index (κ2) is 6.31. The van der Waals surface area contributed by atoms with E-state index >= 15 is 0 Å². The van der Waals surface area contributed by atoms with Crippen LogP contribution in [0, 0.1) is 11.3 Å². The van der Waals surface area contributed by atoms with Crippen molar-refractivity contribution in [3.63, 3.8) is 0 Å². The Kier molecular flexibility index (Phi) is 5.44. The Morgan fingerprint density at radius 3 is 2.60 bits per heavy atom. The number of carbonyl (C=O) groups excluding carboxylic acids is 2. The third-order valence-corrected chi connectivity index (χ3v) is 4.57. The van der Waals surface area contributed by atoms with E-state index in [1.807, 2.05) is 11.8 Å². The number of rotatable bonds is 2. The average Bonchev–Trinajstić information content (AvgIpc) is 2.73. The molecule has 0 spiro atoms. The molecule has 0 saturated carbocycles. The van der Waals surface area contributed by atoms with Crippen LogP contribution in [0.4, 0.5) is 0 Å². The molecule has 0 aromatic carbocycles. The molecule has 0 aromatic rings. The zero-order valence-corrected chi connectivity index (χ0v) is 13.4. The highest BCUT2D eigenvalue weighted by Gasteiger charge is 2.40. The van der Waals surface area contributed by atoms with Crippen LogP contribution in [-0.4, -0.2) is 53.8 Å². The number of nitrogens with zero attached hydrogens (tertiary/aromatic N) is 2. The molecule has 2 atom stereocenters. The third kappa shape index (κ3) is 3.26. The first-order chi connectivity index (χ1) is 8.85. The van der Waals surface area contributed by atoms with Gasteiger partial charge in [0.15, 0.2) is 0 Å². The molecule has 116 valence electrons. The van der Waals surface area contributed by atoms with Crippen LogP contribution >= 0.6 is 12.4 Å². The summed E-state index contributed by atoms with van der Waals surface area (Å²) in [5.41, 5.74) is 6.05. The minimum atomic E-state index is -0.155. The van der Waals surface area contributed by atoms with Crippen LogP contribution in [-0.2, 0) is 9.59 Å². The highest BCUT2D eigenvalue weighted by Crippen LogP contribution is 2.30. The second-order valence-electron chi connectivity index (χ2n) is 6.48. The van der Waals surface area contributed by atoms with E-state index in [0.717, 1.165) is 13.0 Å². The molecule has 5 nitrogen and oxygen atoms in total. The molecule has 2 aliphatic heterocycles. The molecular weight excluding hydrogens is 278 g/mol. The molecule has 2 amide bonds. The number of nitrogens with two attached hydrogens (primary N) is 1. The minimum absolute atomic E-state index is 0. The van der Waals surface area contributed by atoms with Crippen molar-refractivity contribution < 1.29 is 9.59 Å². The lowest BCUT2D eigenvalue weighted by molar-refractivity contribution is -0.139. The number of hydrogen-bond donors (Lipinski definition) is 1. The molecule has 0 aromatic heterocycles. The molecule has 0 aliphatic carbocycles. The van der Waals surface area contributed by atoms with Crippen LogP contribution in [0.2, 0.25) is 0 Å². The van der Waals surface area contributed by atoms with Crippen LogP contribution in [0.3, 0.4) is 0 Å². The number of amides is 2. The van der Waals surface area contributed by atoms with E-state index in [1.165, 1.54) is 0 Å². The third-order valence-electron chi connectivity index (χ3n) is 4.57. The predicted octanol–water partition coefficient (Wildman–Crippen LogP) is 0.862. The number of piperidine rings is 1. The molecule has 0 radical (unpaired) electrons. The molecule has 20 heavy (non-hydrogen) atoms. The Morgan fingerprint density at radius 2 is 2.10 bits per heavy atom. The maximum absolute atomic E-state index is 12.5. The van der Waals surface area contributed by atoms with Gasteiger partial charge in [0.05, 0.1) is 5.92 Å². The fourth-order valence-corrected chi connectivity index (χ4v) is 3.06. The molecule has 2 unspecified atom stereocenters. The van der Waals surface area contributed by atoms with E-state index in [4.69, 9.17) is 5.73 Å². The fourth-order valence-electron chi connectivity index (χ4n) is 3.06. The summed E-state index contributed by atoms with van der Waals surface area (Å²) in [6, 6.07) is 0.147. The minimum Gasteiger partial charge on any atom is -0.342 e. The molecule has 2 rings (SSSR count). The largest absolute Gasteiger partial charge is 0.342 e. The van der Waals surface area contributed by atoms with E-state index in [-0.39, 0.29) is 41.6 Å². The Hall–Kier alpha value is -0.810. The molecule has 2 fully saturated rings. The van der Waals surface area contributed by atoms with Crippen LogP contribution < -0.4 is 5.73 Å². The first kappa shape index (κ1) is 17.2. The van der Waals surface area contributed by atoms with Gasteiger partial charge in [-0.15, -0.1) is 12.4 Å². The van der Waals surface area contributed by atoms with Gasteiger partial charge in [-0.25, -0.2) is 0 Å². The molecule has 2 saturated heterocycles. The van der Waals surface area contributed by atoms with Crippen molar-refractivity contribution in [2.24, 2.45) is 17.1 Å². The van der Waals surface area contributed by atoms with Crippen LogP contribution in [0.15, 0.2) is 0 Å². The van der Waals surface area contributed by atoms with Gasteiger partial charge in [0.2, 0.25) is 11.8 Å². The van der Waals surface area contributed by atoms with E-state index in [1.54, 1.807) is 4.90 Å². The number of carbonyl (C=O) groups is 2. The molecular formula is C14H26ClN3O2. The summed E-state index contributed by atoms with van der Waals surface area (Å²) in [4.78, 5) is 27.9. The second-order valence-corrected chi connectivity index (χ2v) is 6.48. The monoisotopic (exact) mass is 303 g/mol. The lowest BCUT2D eigenvalue weighted by Crippen LogP contribution is -2.55. The molecule has 2 aliphatic rings. The summed E-state index contributed by atoms with van der Waals surface area (Å²) in [6.07, 6.45) is 1.21. The lowest BCUT2D eigenvalue weighted by Gasteiger charge is -2.43. The van der Waals surface area contributed by atoms with Gasteiger partial charge < -0.3 is 15.5 Å². The Balaban J connectivity index is 0.00000200. The van der Waals surface area contributed by atoms with Gasteiger partial charge in [-0.2, -0.15) is 0 Å². The van der Waals surface area contributed by atoms with Gasteiger partial charge in [0.25, 0.3) is 0 Å². The van der Waals surface area contributed by atoms with Crippen molar-refractivity contribution in [1.29, 1.82) is 0 Å². The Morgan fingerprint density at radius 1 is 1.45 bits per heavy atom. The normalized spacial score (nSPS) is 29.3. The van der Waals surface area contributed by atoms with Crippen molar-refractivity contribution in [2.75, 3.05) is 26.2 Å². The van der Waals surface area contributed by atoms with E-state index in [9.17, 15) is 9.59 Å². The highest BCUT2D eigenvalue weighted by atomic mass is 35.5. The van der Waals surface area contributed by atoms with Crippen molar-refractivity contribution in [2.45, 2.75) is 39.7 Å². The van der Waals surface area contributed by atoms with E-state index < -0.39 is 0 Å². The molecule has 2 heterocycles.